The molecule has 1 amide bonds. The molecule has 5 rings (SSSR count). The standard InChI is InChI=1S/C22H17BrN4O2S/c1-29-17-10-7-12-5-3-4-6-14(12)18(17)20-24-16-9-8-13(23)11-15(16)19-21(28)25-22(30-2)26-27(19)20/h3-11,20H,1-2H3,(H,25,26,28)/t20-/m0/s1. The Bertz CT molecular complexity index is 1350. The number of nitrogens with one attached hydrogen (secondary N) is 1. The van der Waals surface area contributed by atoms with Crippen molar-refractivity contribution in [1.29, 1.82) is 0 Å². The summed E-state index contributed by atoms with van der Waals surface area (Å²) in [7, 11) is 1.64. The van der Waals surface area contributed by atoms with Crippen molar-refractivity contribution in [2.75, 3.05) is 13.4 Å². The average Bonchev–Trinajstić information content (AvgIpc) is 2.77. The van der Waals surface area contributed by atoms with Crippen molar-refractivity contribution in [1.82, 2.24) is 10.3 Å². The van der Waals surface area contributed by atoms with Gasteiger partial charge in [0.15, 0.2) is 11.3 Å². The summed E-state index contributed by atoms with van der Waals surface area (Å²) < 4.78 is 6.59. The molecule has 1 N–H and O–H groups in total. The van der Waals surface area contributed by atoms with Gasteiger partial charge in [-0.1, -0.05) is 58.0 Å². The number of rotatable bonds is 2. The quantitative estimate of drug-likeness (QED) is 0.611. The van der Waals surface area contributed by atoms with Gasteiger partial charge in [-0.15, -0.1) is 5.10 Å². The van der Waals surface area contributed by atoms with Gasteiger partial charge in [-0.05, 0) is 41.3 Å². The summed E-state index contributed by atoms with van der Waals surface area (Å²) in [6, 6.07) is 17.8. The predicted octanol–water partition coefficient (Wildman–Crippen LogP) is 3.12. The zero-order valence-electron chi connectivity index (χ0n) is 16.2. The number of halogens is 1. The van der Waals surface area contributed by atoms with Crippen LogP contribution in [0.4, 0.5) is 0 Å². The van der Waals surface area contributed by atoms with Crippen molar-refractivity contribution in [2.45, 2.75) is 6.17 Å². The van der Waals surface area contributed by atoms with Crippen LogP contribution in [0.25, 0.3) is 16.5 Å². The van der Waals surface area contributed by atoms with E-state index in [4.69, 9.17) is 14.8 Å². The van der Waals surface area contributed by atoms with Crippen molar-refractivity contribution in [3.05, 3.63) is 75.2 Å². The summed E-state index contributed by atoms with van der Waals surface area (Å²) in [5.41, 5.74) is 1.35. The van der Waals surface area contributed by atoms with Gasteiger partial charge in [0.1, 0.15) is 11.4 Å². The molecule has 0 saturated carbocycles. The lowest BCUT2D eigenvalue weighted by molar-refractivity contribution is -0.116. The second-order valence-electron chi connectivity index (χ2n) is 6.82. The SMILES string of the molecule is COc1ccc2ccccc2c1[C@H]1N=c2ccc(Br)cc2=C2C(=O)NC(SC)=NN21. The molecule has 8 heteroatoms. The summed E-state index contributed by atoms with van der Waals surface area (Å²) in [6.45, 7) is 0. The summed E-state index contributed by atoms with van der Waals surface area (Å²) in [5, 5.41) is 13.4. The van der Waals surface area contributed by atoms with E-state index in [0.717, 1.165) is 31.4 Å². The van der Waals surface area contributed by atoms with Gasteiger partial charge < -0.3 is 4.74 Å². The maximum absolute atomic E-state index is 13.1. The minimum atomic E-state index is -0.539. The van der Waals surface area contributed by atoms with Crippen LogP contribution in [-0.4, -0.2) is 29.4 Å². The molecule has 0 fully saturated rings. The lowest BCUT2D eigenvalue weighted by Crippen LogP contribution is -2.50. The summed E-state index contributed by atoms with van der Waals surface area (Å²) in [6.07, 6.45) is 1.34. The molecule has 6 nitrogen and oxygen atoms in total. The van der Waals surface area contributed by atoms with E-state index in [1.165, 1.54) is 11.8 Å². The molecule has 2 aliphatic rings. The number of hydrazone groups is 1. The summed E-state index contributed by atoms with van der Waals surface area (Å²) >= 11 is 4.88. The fourth-order valence-corrected chi connectivity index (χ4v) is 4.58. The van der Waals surface area contributed by atoms with Crippen LogP contribution in [0.3, 0.4) is 0 Å². The minimum Gasteiger partial charge on any atom is -0.496 e. The Morgan fingerprint density at radius 1 is 1.17 bits per heavy atom. The largest absolute Gasteiger partial charge is 0.496 e. The van der Waals surface area contributed by atoms with Crippen molar-refractivity contribution < 1.29 is 9.53 Å². The maximum atomic E-state index is 13.1. The van der Waals surface area contributed by atoms with Crippen LogP contribution >= 0.6 is 27.7 Å². The van der Waals surface area contributed by atoms with E-state index in [2.05, 4.69) is 27.3 Å². The van der Waals surface area contributed by atoms with Crippen LogP contribution in [0, 0.1) is 0 Å². The molecule has 3 aromatic rings. The van der Waals surface area contributed by atoms with E-state index in [1.807, 2.05) is 54.8 Å². The Hall–Kier alpha value is -2.84. The van der Waals surface area contributed by atoms with E-state index in [0.29, 0.717) is 16.6 Å². The monoisotopic (exact) mass is 480 g/mol. The molecule has 0 unspecified atom stereocenters. The Kier molecular flexibility index (Phi) is 4.75. The molecule has 0 aliphatic carbocycles. The highest BCUT2D eigenvalue weighted by Crippen LogP contribution is 2.39. The normalized spacial score (nSPS) is 17.6. The van der Waals surface area contributed by atoms with Gasteiger partial charge in [0.2, 0.25) is 0 Å². The zero-order valence-corrected chi connectivity index (χ0v) is 18.6. The van der Waals surface area contributed by atoms with Crippen LogP contribution in [0.2, 0.25) is 0 Å². The smallest absolute Gasteiger partial charge is 0.276 e. The van der Waals surface area contributed by atoms with Crippen molar-refractivity contribution in [2.24, 2.45) is 10.1 Å². The first-order chi connectivity index (χ1) is 14.6. The van der Waals surface area contributed by atoms with Gasteiger partial charge in [0.05, 0.1) is 12.5 Å². The average molecular weight is 481 g/mol. The second-order valence-corrected chi connectivity index (χ2v) is 8.53. The Balaban J connectivity index is 1.87. The third-order valence-electron chi connectivity index (χ3n) is 5.17. The highest BCUT2D eigenvalue weighted by Gasteiger charge is 2.36. The van der Waals surface area contributed by atoms with Crippen molar-refractivity contribution >= 4 is 55.2 Å². The number of hydrogen-bond acceptors (Lipinski definition) is 6. The van der Waals surface area contributed by atoms with Gasteiger partial charge in [-0.2, -0.15) is 0 Å². The van der Waals surface area contributed by atoms with Crippen LogP contribution in [0.1, 0.15) is 11.7 Å². The molecule has 2 aliphatic heterocycles. The molecule has 0 bridgehead atoms. The molecular formula is C22H17BrN4O2S. The van der Waals surface area contributed by atoms with Gasteiger partial charge in [-0.25, -0.2) is 5.01 Å². The topological polar surface area (TPSA) is 66.3 Å². The van der Waals surface area contributed by atoms with Crippen LogP contribution in [0.15, 0.2) is 69.2 Å². The highest BCUT2D eigenvalue weighted by molar-refractivity contribution is 9.10. The third-order valence-corrected chi connectivity index (χ3v) is 6.24. The zero-order chi connectivity index (χ0) is 20.8. The molecule has 3 aromatic carbocycles. The number of nitrogens with zero attached hydrogens (tertiary/aromatic N) is 3. The molecule has 0 aromatic heterocycles. The number of hydrogen-bond donors (Lipinski definition) is 1. The van der Waals surface area contributed by atoms with Crippen LogP contribution in [-0.2, 0) is 4.79 Å². The highest BCUT2D eigenvalue weighted by atomic mass is 79.9. The Labute approximate surface area is 185 Å². The van der Waals surface area contributed by atoms with E-state index >= 15 is 0 Å². The summed E-state index contributed by atoms with van der Waals surface area (Å²) in [4.78, 5) is 18.1. The van der Waals surface area contributed by atoms with Gasteiger partial charge in [0, 0.05) is 15.3 Å². The Morgan fingerprint density at radius 3 is 2.80 bits per heavy atom. The number of ether oxygens (including phenoxy) is 1. The molecule has 0 spiro atoms. The number of methoxy groups -OCH3 is 1. The van der Waals surface area contributed by atoms with E-state index in [1.54, 1.807) is 12.1 Å². The van der Waals surface area contributed by atoms with Crippen LogP contribution in [0.5, 0.6) is 5.75 Å². The van der Waals surface area contributed by atoms with Crippen LogP contribution < -0.4 is 20.6 Å². The minimum absolute atomic E-state index is 0.201. The lowest BCUT2D eigenvalue weighted by atomic mass is 9.99. The number of amides is 1. The van der Waals surface area contributed by atoms with E-state index in [9.17, 15) is 4.79 Å². The third kappa shape index (κ3) is 2.98. The number of fused-ring (bicyclic) bond motifs is 3. The molecule has 1 atom stereocenters. The lowest BCUT2D eigenvalue weighted by Gasteiger charge is -2.34. The number of amidine groups is 1. The maximum Gasteiger partial charge on any atom is 0.276 e. The first-order valence-corrected chi connectivity index (χ1v) is 11.3. The van der Waals surface area contributed by atoms with Gasteiger partial charge in [0.25, 0.3) is 5.91 Å². The second kappa shape index (κ2) is 7.45. The van der Waals surface area contributed by atoms with E-state index in [-0.39, 0.29) is 5.91 Å². The first kappa shape index (κ1) is 19.1. The van der Waals surface area contributed by atoms with Gasteiger partial charge in [-0.3, -0.25) is 15.1 Å². The fraction of sp³-hybridized carbons (Fsp3) is 0.136. The predicted molar refractivity (Wildman–Crippen MR) is 123 cm³/mol. The molecule has 0 radical (unpaired) electrons. The van der Waals surface area contributed by atoms with Crippen molar-refractivity contribution in [3.8, 4) is 5.75 Å². The number of thioether (sulfide) groups is 1. The molecular weight excluding hydrogens is 464 g/mol. The molecule has 30 heavy (non-hydrogen) atoms. The fourth-order valence-electron chi connectivity index (χ4n) is 3.85. The molecule has 2 heterocycles. The van der Waals surface area contributed by atoms with Crippen molar-refractivity contribution in [3.63, 3.8) is 0 Å². The Morgan fingerprint density at radius 2 is 2.00 bits per heavy atom. The van der Waals surface area contributed by atoms with E-state index < -0.39 is 6.17 Å². The number of carbonyl (C=O) groups excluding carboxylic acids is 1. The number of carbonyl (C=O) groups is 1. The molecule has 150 valence electrons. The summed E-state index contributed by atoms with van der Waals surface area (Å²) in [5.74, 6) is 0.502. The molecule has 0 saturated heterocycles. The first-order valence-electron chi connectivity index (χ1n) is 9.27. The van der Waals surface area contributed by atoms with Gasteiger partial charge >= 0.3 is 0 Å². The number of benzene rings is 3.